The Morgan fingerprint density at radius 2 is 1.71 bits per heavy atom. The smallest absolute Gasteiger partial charge is 0.274 e. The molecule has 0 aliphatic carbocycles. The second-order valence-corrected chi connectivity index (χ2v) is 6.19. The van der Waals surface area contributed by atoms with Crippen molar-refractivity contribution in [3.63, 3.8) is 0 Å². The topological polar surface area (TPSA) is 78.4 Å². The first-order valence-corrected chi connectivity index (χ1v) is 7.94. The molecule has 3 N–H and O–H groups in total. The highest BCUT2D eigenvalue weighted by Crippen LogP contribution is 2.25. The Bertz CT molecular complexity index is 913. The summed E-state index contributed by atoms with van der Waals surface area (Å²) in [4.78, 5) is 24.4. The number of rotatable bonds is 4. The molecule has 5 nitrogen and oxygen atoms in total. The molecule has 1 heterocycles. The zero-order chi connectivity index (χ0) is 17.1. The predicted octanol–water partition coefficient (Wildman–Crippen LogP) is 3.42. The fraction of sp³-hybridized carbons (Fsp3) is 0. The van der Waals surface area contributed by atoms with Gasteiger partial charge in [0.15, 0.2) is 0 Å². The molecule has 24 heavy (non-hydrogen) atoms. The number of nitrogens with one attached hydrogen (secondary N) is 2. The van der Waals surface area contributed by atoms with Gasteiger partial charge in [-0.25, -0.2) is 5.48 Å². The summed E-state index contributed by atoms with van der Waals surface area (Å²) in [5.74, 6) is -0.876. The average Bonchev–Trinajstić information content (AvgIpc) is 3.05. The Balaban J connectivity index is 1.79. The molecule has 6 heteroatoms. The molecule has 0 aliphatic heterocycles. The third-order valence-electron chi connectivity index (χ3n) is 3.49. The molecule has 0 fully saturated rings. The predicted molar refractivity (Wildman–Crippen MR) is 94.0 cm³/mol. The number of fused-ring (bicyclic) bond motifs is 1. The second kappa shape index (κ2) is 6.66. The number of hydroxylamine groups is 1. The molecule has 1 aromatic heterocycles. The van der Waals surface area contributed by atoms with Gasteiger partial charge in [0, 0.05) is 16.0 Å². The lowest BCUT2D eigenvalue weighted by molar-refractivity contribution is 0.0706. The van der Waals surface area contributed by atoms with Crippen molar-refractivity contribution in [2.75, 3.05) is 0 Å². The van der Waals surface area contributed by atoms with E-state index in [1.54, 1.807) is 29.7 Å². The maximum Gasteiger partial charge on any atom is 0.274 e. The number of amides is 2. The minimum atomic E-state index is -0.625. The van der Waals surface area contributed by atoms with E-state index in [1.807, 2.05) is 30.3 Å². The Labute approximate surface area is 142 Å². The highest BCUT2D eigenvalue weighted by Gasteiger charge is 2.13. The summed E-state index contributed by atoms with van der Waals surface area (Å²) >= 11 is 1.40. The monoisotopic (exact) mass is 338 g/mol. The van der Waals surface area contributed by atoms with Crippen LogP contribution in [0.25, 0.3) is 15.8 Å². The van der Waals surface area contributed by atoms with Crippen molar-refractivity contribution in [1.29, 1.82) is 0 Å². The molecule has 0 atom stereocenters. The fourth-order valence-corrected chi connectivity index (χ4v) is 3.24. The van der Waals surface area contributed by atoms with Gasteiger partial charge in [0.25, 0.3) is 11.8 Å². The van der Waals surface area contributed by atoms with E-state index in [-0.39, 0.29) is 11.5 Å². The van der Waals surface area contributed by atoms with E-state index in [4.69, 9.17) is 5.21 Å². The normalized spacial score (nSPS) is 10.4. The molecule has 3 aromatic rings. The van der Waals surface area contributed by atoms with Crippen LogP contribution >= 0.6 is 11.3 Å². The summed E-state index contributed by atoms with van der Waals surface area (Å²) < 4.78 is 1.04. The van der Waals surface area contributed by atoms with Crippen LogP contribution in [0.5, 0.6) is 0 Å². The van der Waals surface area contributed by atoms with Crippen molar-refractivity contribution < 1.29 is 14.8 Å². The van der Waals surface area contributed by atoms with E-state index >= 15 is 0 Å². The molecule has 2 amide bonds. The van der Waals surface area contributed by atoms with E-state index in [2.05, 4.69) is 11.9 Å². The maximum absolute atomic E-state index is 12.4. The lowest BCUT2D eigenvalue weighted by Gasteiger charge is -2.09. The van der Waals surface area contributed by atoms with Gasteiger partial charge in [-0.2, -0.15) is 0 Å². The van der Waals surface area contributed by atoms with Crippen LogP contribution in [-0.2, 0) is 0 Å². The number of benzene rings is 2. The SMILES string of the molecule is C=C(NC(=O)c1cc2ccccc2s1)c1cccc(C(=O)NO)c1. The highest BCUT2D eigenvalue weighted by molar-refractivity contribution is 7.20. The highest BCUT2D eigenvalue weighted by atomic mass is 32.1. The molecule has 0 radical (unpaired) electrons. The van der Waals surface area contributed by atoms with E-state index in [0.29, 0.717) is 16.1 Å². The van der Waals surface area contributed by atoms with Gasteiger partial charge in [0.05, 0.1) is 4.88 Å². The van der Waals surface area contributed by atoms with Crippen molar-refractivity contribution in [1.82, 2.24) is 10.8 Å². The van der Waals surface area contributed by atoms with Crippen LogP contribution in [0, 0.1) is 0 Å². The molecular formula is C18H14N2O3S. The standard InChI is InChI=1S/C18H14N2O3S/c1-11(12-6-4-7-14(9-12)17(21)20-23)19-18(22)16-10-13-5-2-3-8-15(13)24-16/h2-10,23H,1H2,(H,19,22)(H,20,21). The van der Waals surface area contributed by atoms with Crippen molar-refractivity contribution in [2.24, 2.45) is 0 Å². The summed E-state index contributed by atoms with van der Waals surface area (Å²) in [5, 5.41) is 12.4. The van der Waals surface area contributed by atoms with Crippen LogP contribution in [0.3, 0.4) is 0 Å². The molecule has 0 bridgehead atoms. The number of hydrogen-bond acceptors (Lipinski definition) is 4. The number of carbonyl (C=O) groups excluding carboxylic acids is 2. The molecule has 120 valence electrons. The number of carbonyl (C=O) groups is 2. The van der Waals surface area contributed by atoms with Crippen LogP contribution < -0.4 is 10.8 Å². The number of thiophene rings is 1. The summed E-state index contributed by atoms with van der Waals surface area (Å²) in [5.41, 5.74) is 2.81. The molecule has 0 saturated carbocycles. The Kier molecular flexibility index (Phi) is 4.41. The van der Waals surface area contributed by atoms with Crippen LogP contribution in [0.15, 0.2) is 61.2 Å². The van der Waals surface area contributed by atoms with Gasteiger partial charge in [-0.05, 0) is 35.2 Å². The molecular weight excluding hydrogens is 324 g/mol. The van der Waals surface area contributed by atoms with Crippen molar-refractivity contribution in [3.8, 4) is 0 Å². The molecule has 0 spiro atoms. The summed E-state index contributed by atoms with van der Waals surface area (Å²) in [7, 11) is 0. The van der Waals surface area contributed by atoms with Crippen molar-refractivity contribution >= 4 is 38.9 Å². The lowest BCUT2D eigenvalue weighted by atomic mass is 10.1. The summed E-state index contributed by atoms with van der Waals surface area (Å²) in [6.45, 7) is 3.85. The minimum Gasteiger partial charge on any atom is -0.321 e. The molecule has 3 rings (SSSR count). The largest absolute Gasteiger partial charge is 0.321 e. The van der Waals surface area contributed by atoms with Gasteiger partial charge in [-0.15, -0.1) is 11.3 Å². The second-order valence-electron chi connectivity index (χ2n) is 5.10. The third kappa shape index (κ3) is 3.19. The lowest BCUT2D eigenvalue weighted by Crippen LogP contribution is -2.21. The van der Waals surface area contributed by atoms with E-state index in [0.717, 1.165) is 10.1 Å². The van der Waals surface area contributed by atoms with E-state index in [9.17, 15) is 9.59 Å². The quantitative estimate of drug-likeness (QED) is 0.504. The first kappa shape index (κ1) is 15.9. The summed E-state index contributed by atoms with van der Waals surface area (Å²) in [6, 6.07) is 16.1. The first-order chi connectivity index (χ1) is 11.6. The van der Waals surface area contributed by atoms with E-state index < -0.39 is 5.91 Å². The van der Waals surface area contributed by atoms with Gasteiger partial charge < -0.3 is 5.32 Å². The molecule has 2 aromatic carbocycles. The zero-order valence-electron chi connectivity index (χ0n) is 12.6. The summed E-state index contributed by atoms with van der Waals surface area (Å²) in [6.07, 6.45) is 0. The van der Waals surface area contributed by atoms with Gasteiger partial charge in [0.2, 0.25) is 0 Å². The molecule has 0 aliphatic rings. The van der Waals surface area contributed by atoms with Gasteiger partial charge in [-0.1, -0.05) is 36.9 Å². The first-order valence-electron chi connectivity index (χ1n) is 7.12. The van der Waals surface area contributed by atoms with E-state index in [1.165, 1.54) is 11.3 Å². The van der Waals surface area contributed by atoms with Crippen LogP contribution in [0.4, 0.5) is 0 Å². The molecule has 0 unspecified atom stereocenters. The Hall–Kier alpha value is -2.96. The van der Waals surface area contributed by atoms with Crippen LogP contribution in [-0.4, -0.2) is 17.0 Å². The Morgan fingerprint density at radius 1 is 0.958 bits per heavy atom. The number of hydrogen-bond donors (Lipinski definition) is 3. The fourth-order valence-electron chi connectivity index (χ4n) is 2.28. The minimum absolute atomic E-state index is 0.252. The Morgan fingerprint density at radius 3 is 2.46 bits per heavy atom. The molecule has 0 saturated heterocycles. The van der Waals surface area contributed by atoms with Gasteiger partial charge in [0.1, 0.15) is 0 Å². The maximum atomic E-state index is 12.4. The van der Waals surface area contributed by atoms with Crippen LogP contribution in [0.1, 0.15) is 25.6 Å². The van der Waals surface area contributed by atoms with Crippen LogP contribution in [0.2, 0.25) is 0 Å². The van der Waals surface area contributed by atoms with Crippen molar-refractivity contribution in [2.45, 2.75) is 0 Å². The average molecular weight is 338 g/mol. The van der Waals surface area contributed by atoms with Gasteiger partial charge in [-0.3, -0.25) is 14.8 Å². The van der Waals surface area contributed by atoms with Gasteiger partial charge >= 0.3 is 0 Å². The van der Waals surface area contributed by atoms with Crippen molar-refractivity contribution in [3.05, 3.63) is 77.2 Å². The third-order valence-corrected chi connectivity index (χ3v) is 4.60. The zero-order valence-corrected chi connectivity index (χ0v) is 13.4.